The van der Waals surface area contributed by atoms with Gasteiger partial charge in [0.1, 0.15) is 5.76 Å². The normalized spacial score (nSPS) is 18.8. The lowest BCUT2D eigenvalue weighted by atomic mass is 10.1. The number of Topliss-reactive ketones (excluding diaryl/α,β-unsaturated/α-hetero) is 1. The van der Waals surface area contributed by atoms with Gasteiger partial charge in [0.2, 0.25) is 0 Å². The summed E-state index contributed by atoms with van der Waals surface area (Å²) in [5.41, 5.74) is 0.113. The molecule has 1 aliphatic heterocycles. The van der Waals surface area contributed by atoms with Crippen molar-refractivity contribution in [3.63, 3.8) is 0 Å². The number of ketones is 1. The van der Waals surface area contributed by atoms with Crippen LogP contribution >= 0.6 is 12.2 Å². The maximum absolute atomic E-state index is 12.2. The van der Waals surface area contributed by atoms with Gasteiger partial charge in [-0.3, -0.25) is 14.5 Å². The zero-order chi connectivity index (χ0) is 14.5. The molecule has 6 heteroatoms. The highest BCUT2D eigenvalue weighted by Gasteiger charge is 2.28. The van der Waals surface area contributed by atoms with E-state index < -0.39 is 0 Å². The minimum atomic E-state index is -0.378. The quantitative estimate of drug-likeness (QED) is 0.519. The Labute approximate surface area is 121 Å². The van der Waals surface area contributed by atoms with Crippen LogP contribution in [0.5, 0.6) is 0 Å². The van der Waals surface area contributed by atoms with E-state index in [1.165, 1.54) is 11.0 Å². The first-order chi connectivity index (χ1) is 9.63. The molecule has 1 N–H and O–H groups in total. The number of nitrogens with zero attached hydrogens (tertiary/aromatic N) is 1. The molecule has 104 valence electrons. The summed E-state index contributed by atoms with van der Waals surface area (Å²) in [4.78, 5) is 25.5. The lowest BCUT2D eigenvalue weighted by molar-refractivity contribution is -0.125. The van der Waals surface area contributed by atoms with E-state index >= 15 is 0 Å². The minimum absolute atomic E-state index is 0.0293. The number of nitrogens with one attached hydrogen (secondary N) is 1. The lowest BCUT2D eigenvalue weighted by Gasteiger charge is -2.18. The number of hydrogen-bond donors (Lipinski definition) is 1. The fraction of sp³-hybridized carbons (Fsp3) is 0.214. The van der Waals surface area contributed by atoms with Crippen molar-refractivity contribution in [1.29, 1.82) is 0 Å². The summed E-state index contributed by atoms with van der Waals surface area (Å²) in [5.74, 6) is -0.00893. The molecule has 1 amide bonds. The van der Waals surface area contributed by atoms with Gasteiger partial charge in [0.05, 0.1) is 18.4 Å². The number of carbonyl (C=O) groups is 2. The Morgan fingerprint density at radius 3 is 2.95 bits per heavy atom. The maximum Gasteiger partial charge on any atom is 0.263 e. The summed E-state index contributed by atoms with van der Waals surface area (Å²) >= 11 is 5.05. The van der Waals surface area contributed by atoms with Crippen LogP contribution in [0.4, 0.5) is 0 Å². The molecule has 2 rings (SSSR count). The SMILES string of the molecule is CCN1C(=O)/C(=C\C=C\c2ccco2)C(=O)CNC1=S. The van der Waals surface area contributed by atoms with E-state index in [-0.39, 0.29) is 28.9 Å². The van der Waals surface area contributed by atoms with Crippen LogP contribution in [0, 0.1) is 0 Å². The Hall–Kier alpha value is -2.21. The monoisotopic (exact) mass is 290 g/mol. The van der Waals surface area contributed by atoms with Crippen LogP contribution < -0.4 is 5.32 Å². The number of rotatable bonds is 3. The first kappa shape index (κ1) is 14.2. The first-order valence-corrected chi connectivity index (χ1v) is 6.59. The molecule has 0 spiro atoms. The fourth-order valence-electron chi connectivity index (χ4n) is 1.78. The minimum Gasteiger partial charge on any atom is -0.465 e. The van der Waals surface area contributed by atoms with Gasteiger partial charge in [-0.2, -0.15) is 0 Å². The Morgan fingerprint density at radius 2 is 2.30 bits per heavy atom. The predicted molar refractivity (Wildman–Crippen MR) is 78.8 cm³/mol. The molecule has 1 aromatic rings. The highest BCUT2D eigenvalue weighted by atomic mass is 32.1. The van der Waals surface area contributed by atoms with Crippen LogP contribution in [0.1, 0.15) is 12.7 Å². The smallest absolute Gasteiger partial charge is 0.263 e. The molecule has 0 saturated carbocycles. The second-order valence-electron chi connectivity index (χ2n) is 4.09. The number of amides is 1. The molecular weight excluding hydrogens is 276 g/mol. The molecule has 0 atom stereocenters. The van der Waals surface area contributed by atoms with Crippen molar-refractivity contribution in [2.75, 3.05) is 13.1 Å². The molecule has 0 aromatic carbocycles. The average Bonchev–Trinajstić information content (AvgIpc) is 2.91. The Bertz CT molecular complexity index is 588. The molecule has 20 heavy (non-hydrogen) atoms. The first-order valence-electron chi connectivity index (χ1n) is 6.18. The second kappa shape index (κ2) is 6.29. The van der Waals surface area contributed by atoms with Gasteiger partial charge >= 0.3 is 0 Å². The van der Waals surface area contributed by atoms with Gasteiger partial charge in [0, 0.05) is 6.54 Å². The molecule has 1 fully saturated rings. The zero-order valence-corrected chi connectivity index (χ0v) is 11.8. The zero-order valence-electron chi connectivity index (χ0n) is 11.0. The van der Waals surface area contributed by atoms with Crippen molar-refractivity contribution in [3.8, 4) is 0 Å². The molecule has 0 bridgehead atoms. The van der Waals surface area contributed by atoms with E-state index in [1.54, 1.807) is 37.5 Å². The van der Waals surface area contributed by atoms with E-state index in [0.717, 1.165) is 0 Å². The highest BCUT2D eigenvalue weighted by Crippen LogP contribution is 2.10. The molecule has 1 saturated heterocycles. The highest BCUT2D eigenvalue weighted by molar-refractivity contribution is 7.80. The molecule has 1 aliphatic rings. The van der Waals surface area contributed by atoms with Crippen molar-refractivity contribution in [2.24, 2.45) is 0 Å². The summed E-state index contributed by atoms with van der Waals surface area (Å²) in [6.45, 7) is 2.25. The van der Waals surface area contributed by atoms with Crippen LogP contribution in [0.25, 0.3) is 6.08 Å². The molecule has 5 nitrogen and oxygen atoms in total. The van der Waals surface area contributed by atoms with Crippen molar-refractivity contribution in [3.05, 3.63) is 41.9 Å². The Kier molecular flexibility index (Phi) is 4.47. The second-order valence-corrected chi connectivity index (χ2v) is 4.47. The van der Waals surface area contributed by atoms with Gasteiger partial charge in [-0.1, -0.05) is 6.08 Å². The van der Waals surface area contributed by atoms with E-state index in [2.05, 4.69) is 5.32 Å². The van der Waals surface area contributed by atoms with Crippen LogP contribution in [-0.4, -0.2) is 34.8 Å². The van der Waals surface area contributed by atoms with E-state index in [9.17, 15) is 9.59 Å². The van der Waals surface area contributed by atoms with Crippen molar-refractivity contribution in [1.82, 2.24) is 10.2 Å². The summed E-state index contributed by atoms with van der Waals surface area (Å²) in [7, 11) is 0. The molecular formula is C14H14N2O3S. The number of allylic oxidation sites excluding steroid dienone is 2. The number of likely N-dealkylation sites (N-methyl/N-ethyl adjacent to an activating group) is 1. The van der Waals surface area contributed by atoms with Crippen molar-refractivity contribution in [2.45, 2.75) is 6.92 Å². The van der Waals surface area contributed by atoms with Crippen LogP contribution in [0.2, 0.25) is 0 Å². The van der Waals surface area contributed by atoms with Crippen LogP contribution in [-0.2, 0) is 9.59 Å². The van der Waals surface area contributed by atoms with Crippen molar-refractivity contribution < 1.29 is 14.0 Å². The van der Waals surface area contributed by atoms with Gasteiger partial charge in [-0.15, -0.1) is 0 Å². The topological polar surface area (TPSA) is 62.6 Å². The molecule has 0 aliphatic carbocycles. The summed E-state index contributed by atoms with van der Waals surface area (Å²) in [5, 5.41) is 3.04. The van der Waals surface area contributed by atoms with E-state index in [0.29, 0.717) is 12.3 Å². The fourth-order valence-corrected chi connectivity index (χ4v) is 2.06. The van der Waals surface area contributed by atoms with Crippen LogP contribution in [0.15, 0.2) is 40.5 Å². The van der Waals surface area contributed by atoms with Gasteiger partial charge in [0.15, 0.2) is 10.9 Å². The third-order valence-corrected chi connectivity index (χ3v) is 3.17. The third-order valence-electron chi connectivity index (χ3n) is 2.80. The predicted octanol–water partition coefficient (Wildman–Crippen LogP) is 1.52. The third kappa shape index (κ3) is 3.03. The molecule has 0 radical (unpaired) electrons. The van der Waals surface area contributed by atoms with Gasteiger partial charge < -0.3 is 9.73 Å². The average molecular weight is 290 g/mol. The van der Waals surface area contributed by atoms with Crippen molar-refractivity contribution >= 4 is 35.1 Å². The maximum atomic E-state index is 12.2. The summed E-state index contributed by atoms with van der Waals surface area (Å²) in [6.07, 6.45) is 6.34. The van der Waals surface area contributed by atoms with Gasteiger partial charge in [-0.05, 0) is 43.4 Å². The lowest BCUT2D eigenvalue weighted by Crippen LogP contribution is -2.41. The number of thiocarbonyl (C=S) groups is 1. The summed E-state index contributed by atoms with van der Waals surface area (Å²) < 4.78 is 5.13. The Balaban J connectivity index is 2.24. The van der Waals surface area contributed by atoms with E-state index in [4.69, 9.17) is 16.6 Å². The molecule has 2 heterocycles. The number of furan rings is 1. The summed E-state index contributed by atoms with van der Waals surface area (Å²) in [6, 6.07) is 3.54. The Morgan fingerprint density at radius 1 is 1.50 bits per heavy atom. The largest absolute Gasteiger partial charge is 0.465 e. The standard InChI is InChI=1S/C14H14N2O3S/c1-2-16-13(18)11(12(17)9-15-14(16)20)7-3-5-10-6-4-8-19-10/h3-8H,2,9H2,1H3,(H,15,20)/b5-3+,11-7-. The van der Waals surface area contributed by atoms with Crippen LogP contribution in [0.3, 0.4) is 0 Å². The van der Waals surface area contributed by atoms with E-state index in [1.807, 2.05) is 0 Å². The van der Waals surface area contributed by atoms with Gasteiger partial charge in [-0.25, -0.2) is 0 Å². The number of hydrogen-bond acceptors (Lipinski definition) is 4. The number of carbonyl (C=O) groups excluding carboxylic acids is 2. The molecule has 1 aromatic heterocycles. The van der Waals surface area contributed by atoms with Gasteiger partial charge in [0.25, 0.3) is 5.91 Å². The molecule has 0 unspecified atom stereocenters.